The Morgan fingerprint density at radius 3 is 3.15 bits per heavy atom. The standard InChI is InChI=1S/C11H20N6O2S/c1-8(2)5-12-3-4-17-10(14-15-16-17)20-7-9-6-13-11(18)19-9/h8-9,12H,3-7H2,1-2H3,(H,13,18). The summed E-state index contributed by atoms with van der Waals surface area (Å²) < 4.78 is 6.83. The van der Waals surface area contributed by atoms with Crippen LogP contribution in [0.25, 0.3) is 0 Å². The number of aromatic nitrogens is 4. The van der Waals surface area contributed by atoms with Crippen molar-refractivity contribution in [2.24, 2.45) is 5.92 Å². The Hall–Kier alpha value is -1.35. The smallest absolute Gasteiger partial charge is 0.407 e. The summed E-state index contributed by atoms with van der Waals surface area (Å²) in [5, 5.41) is 18.4. The molecule has 2 heterocycles. The number of alkyl carbamates (subject to hydrolysis) is 1. The maximum Gasteiger partial charge on any atom is 0.407 e. The lowest BCUT2D eigenvalue weighted by atomic mass is 10.2. The van der Waals surface area contributed by atoms with Crippen LogP contribution in [0.4, 0.5) is 4.79 Å². The van der Waals surface area contributed by atoms with Crippen LogP contribution in [0.3, 0.4) is 0 Å². The minimum Gasteiger partial charge on any atom is -0.443 e. The Labute approximate surface area is 122 Å². The van der Waals surface area contributed by atoms with Gasteiger partial charge in [-0.2, -0.15) is 0 Å². The van der Waals surface area contributed by atoms with Gasteiger partial charge in [-0.15, -0.1) is 5.10 Å². The van der Waals surface area contributed by atoms with Crippen LogP contribution < -0.4 is 10.6 Å². The van der Waals surface area contributed by atoms with E-state index in [1.54, 1.807) is 4.68 Å². The molecule has 1 saturated heterocycles. The highest BCUT2D eigenvalue weighted by atomic mass is 32.2. The predicted octanol–water partition coefficient (Wildman–Crippen LogP) is 0.119. The minimum absolute atomic E-state index is 0.114. The highest BCUT2D eigenvalue weighted by Gasteiger charge is 2.23. The molecule has 1 aliphatic heterocycles. The molecule has 1 aliphatic rings. The van der Waals surface area contributed by atoms with Crippen LogP contribution in [0.2, 0.25) is 0 Å². The van der Waals surface area contributed by atoms with Crippen molar-refractivity contribution in [3.8, 4) is 0 Å². The van der Waals surface area contributed by atoms with Crippen molar-refractivity contribution in [3.05, 3.63) is 0 Å². The molecule has 9 heteroatoms. The van der Waals surface area contributed by atoms with Crippen LogP contribution in [0.1, 0.15) is 13.8 Å². The van der Waals surface area contributed by atoms with E-state index < -0.39 is 0 Å². The molecule has 20 heavy (non-hydrogen) atoms. The van der Waals surface area contributed by atoms with Gasteiger partial charge in [0, 0.05) is 12.3 Å². The summed E-state index contributed by atoms with van der Waals surface area (Å²) in [5.74, 6) is 1.28. The molecule has 0 aromatic carbocycles. The van der Waals surface area contributed by atoms with Crippen molar-refractivity contribution in [2.75, 3.05) is 25.4 Å². The summed E-state index contributed by atoms with van der Waals surface area (Å²) in [5.41, 5.74) is 0. The van der Waals surface area contributed by atoms with Crippen LogP contribution in [0.15, 0.2) is 5.16 Å². The van der Waals surface area contributed by atoms with Crippen LogP contribution in [0, 0.1) is 5.92 Å². The van der Waals surface area contributed by atoms with Gasteiger partial charge in [-0.3, -0.25) is 0 Å². The average Bonchev–Trinajstić information content (AvgIpc) is 3.01. The molecule has 1 aromatic rings. The zero-order valence-electron chi connectivity index (χ0n) is 11.7. The summed E-state index contributed by atoms with van der Waals surface area (Å²) in [6, 6.07) is 0. The number of nitrogens with zero attached hydrogens (tertiary/aromatic N) is 4. The second-order valence-corrected chi connectivity index (χ2v) is 5.99. The monoisotopic (exact) mass is 300 g/mol. The lowest BCUT2D eigenvalue weighted by Crippen LogP contribution is -2.25. The van der Waals surface area contributed by atoms with Crippen molar-refractivity contribution in [1.29, 1.82) is 0 Å². The van der Waals surface area contributed by atoms with Gasteiger partial charge < -0.3 is 15.4 Å². The molecule has 8 nitrogen and oxygen atoms in total. The van der Waals surface area contributed by atoms with E-state index in [2.05, 4.69) is 40.0 Å². The number of tetrazole rings is 1. The van der Waals surface area contributed by atoms with Crippen LogP contribution in [0.5, 0.6) is 0 Å². The first-order valence-corrected chi connectivity index (χ1v) is 7.68. The fraction of sp³-hybridized carbons (Fsp3) is 0.818. The third-order valence-corrected chi connectivity index (χ3v) is 3.79. The van der Waals surface area contributed by atoms with Gasteiger partial charge in [-0.25, -0.2) is 9.48 Å². The number of carbonyl (C=O) groups is 1. The predicted molar refractivity (Wildman–Crippen MR) is 74.5 cm³/mol. The van der Waals surface area contributed by atoms with Crippen molar-refractivity contribution >= 4 is 17.9 Å². The molecule has 0 radical (unpaired) electrons. The van der Waals surface area contributed by atoms with E-state index in [1.807, 2.05) is 0 Å². The van der Waals surface area contributed by atoms with Crippen LogP contribution in [-0.4, -0.2) is 57.8 Å². The Bertz CT molecular complexity index is 438. The zero-order chi connectivity index (χ0) is 14.4. The number of carbonyl (C=O) groups excluding carboxylic acids is 1. The molecular weight excluding hydrogens is 280 g/mol. The normalized spacial score (nSPS) is 18.4. The van der Waals surface area contributed by atoms with Crippen LogP contribution >= 0.6 is 11.8 Å². The van der Waals surface area contributed by atoms with Gasteiger partial charge in [-0.1, -0.05) is 25.6 Å². The molecule has 0 bridgehead atoms. The molecule has 2 rings (SSSR count). The number of nitrogens with one attached hydrogen (secondary N) is 2. The molecular formula is C11H20N6O2S. The number of thioether (sulfide) groups is 1. The summed E-state index contributed by atoms with van der Waals surface area (Å²) in [6.45, 7) is 7.42. The quantitative estimate of drug-likeness (QED) is 0.520. The Balaban J connectivity index is 1.72. The number of amides is 1. The Morgan fingerprint density at radius 2 is 2.45 bits per heavy atom. The lowest BCUT2D eigenvalue weighted by molar-refractivity contribution is 0.150. The SMILES string of the molecule is CC(C)CNCCn1nnnc1SCC1CNC(=O)O1. The van der Waals surface area contributed by atoms with E-state index in [9.17, 15) is 4.79 Å². The summed E-state index contributed by atoms with van der Waals surface area (Å²) in [7, 11) is 0. The number of cyclic esters (lactones) is 1. The fourth-order valence-corrected chi connectivity index (χ4v) is 2.60. The molecule has 1 aromatic heterocycles. The van der Waals surface area contributed by atoms with Crippen molar-refractivity contribution in [2.45, 2.75) is 31.7 Å². The number of hydrogen-bond acceptors (Lipinski definition) is 7. The van der Waals surface area contributed by atoms with E-state index in [4.69, 9.17) is 4.74 Å². The molecule has 0 spiro atoms. The third-order valence-electron chi connectivity index (χ3n) is 2.70. The van der Waals surface area contributed by atoms with Gasteiger partial charge >= 0.3 is 6.09 Å². The van der Waals surface area contributed by atoms with Crippen molar-refractivity contribution in [1.82, 2.24) is 30.8 Å². The highest BCUT2D eigenvalue weighted by Crippen LogP contribution is 2.17. The summed E-state index contributed by atoms with van der Waals surface area (Å²) in [4.78, 5) is 10.9. The Kier molecular flexibility index (Phi) is 5.60. The molecule has 1 atom stereocenters. The Morgan fingerprint density at radius 1 is 1.60 bits per heavy atom. The van der Waals surface area contributed by atoms with Gasteiger partial charge in [-0.05, 0) is 22.9 Å². The maximum atomic E-state index is 10.9. The van der Waals surface area contributed by atoms with Gasteiger partial charge in [0.05, 0.1) is 13.1 Å². The molecule has 112 valence electrons. The maximum absolute atomic E-state index is 10.9. The number of ether oxygens (including phenoxy) is 1. The van der Waals surface area contributed by atoms with Gasteiger partial charge in [0.1, 0.15) is 6.10 Å². The first kappa shape index (κ1) is 15.0. The molecule has 0 aliphatic carbocycles. The minimum atomic E-state index is -0.354. The van der Waals surface area contributed by atoms with Crippen molar-refractivity contribution in [3.63, 3.8) is 0 Å². The first-order chi connectivity index (χ1) is 9.65. The second-order valence-electron chi connectivity index (χ2n) is 5.00. The molecule has 2 N–H and O–H groups in total. The molecule has 1 unspecified atom stereocenters. The topological polar surface area (TPSA) is 94.0 Å². The second kappa shape index (κ2) is 7.44. The fourth-order valence-electron chi connectivity index (χ4n) is 1.71. The first-order valence-electron chi connectivity index (χ1n) is 6.69. The van der Waals surface area contributed by atoms with E-state index >= 15 is 0 Å². The third kappa shape index (κ3) is 4.64. The van der Waals surface area contributed by atoms with E-state index in [0.29, 0.717) is 18.2 Å². The largest absolute Gasteiger partial charge is 0.443 e. The molecule has 0 saturated carbocycles. The van der Waals surface area contributed by atoms with E-state index in [0.717, 1.165) is 24.8 Å². The lowest BCUT2D eigenvalue weighted by Gasteiger charge is -2.09. The molecule has 1 amide bonds. The number of rotatable bonds is 8. The highest BCUT2D eigenvalue weighted by molar-refractivity contribution is 7.99. The van der Waals surface area contributed by atoms with Crippen molar-refractivity contribution < 1.29 is 9.53 Å². The van der Waals surface area contributed by atoms with Crippen LogP contribution in [-0.2, 0) is 11.3 Å². The van der Waals surface area contributed by atoms with E-state index in [-0.39, 0.29) is 12.2 Å². The van der Waals surface area contributed by atoms with E-state index in [1.165, 1.54) is 11.8 Å². The molecule has 1 fully saturated rings. The summed E-state index contributed by atoms with van der Waals surface area (Å²) >= 11 is 1.50. The van der Waals surface area contributed by atoms with Gasteiger partial charge in [0.15, 0.2) is 0 Å². The summed E-state index contributed by atoms with van der Waals surface area (Å²) in [6.07, 6.45) is -0.468. The zero-order valence-corrected chi connectivity index (χ0v) is 12.5. The van der Waals surface area contributed by atoms with Gasteiger partial charge in [0.2, 0.25) is 5.16 Å². The number of hydrogen-bond donors (Lipinski definition) is 2. The van der Waals surface area contributed by atoms with Gasteiger partial charge in [0.25, 0.3) is 0 Å². The average molecular weight is 300 g/mol.